The number of amides is 3. The molecule has 0 spiro atoms. The highest BCUT2D eigenvalue weighted by Crippen LogP contribution is 2.33. The molecule has 0 fully saturated rings. The Balaban J connectivity index is 1.85. The molecule has 0 saturated heterocycles. The van der Waals surface area contributed by atoms with Crippen LogP contribution in [0.3, 0.4) is 0 Å². The molecule has 11 nitrogen and oxygen atoms in total. The topological polar surface area (TPSA) is 174 Å². The van der Waals surface area contributed by atoms with Gasteiger partial charge in [0.25, 0.3) is 5.91 Å². The molecule has 184 valence electrons. The minimum Gasteiger partial charge on any atom is -0.449 e. The Morgan fingerprint density at radius 1 is 1.00 bits per heavy atom. The van der Waals surface area contributed by atoms with Crippen molar-refractivity contribution >= 4 is 23.4 Å². The van der Waals surface area contributed by atoms with Gasteiger partial charge in [0.05, 0.1) is 16.9 Å². The van der Waals surface area contributed by atoms with Crippen molar-refractivity contribution in [2.24, 2.45) is 11.5 Å². The number of nitrogens with zero attached hydrogens (tertiary/aromatic N) is 5. The maximum atomic E-state index is 12.7. The molecule has 0 aliphatic rings. The molecule has 4 aromatic rings. The molecule has 4 rings (SSSR count). The number of hydrogen-bond donors (Lipinski definition) is 3. The molecule has 3 aromatic heterocycles. The number of rotatable bonds is 6. The van der Waals surface area contributed by atoms with Gasteiger partial charge in [0, 0.05) is 18.7 Å². The number of pyridine rings is 1. The lowest BCUT2D eigenvalue weighted by Crippen LogP contribution is -2.33. The van der Waals surface area contributed by atoms with E-state index in [4.69, 9.17) is 15.9 Å². The molecule has 0 aliphatic heterocycles. The van der Waals surface area contributed by atoms with Gasteiger partial charge in [-0.25, -0.2) is 29.6 Å². The van der Waals surface area contributed by atoms with Crippen LogP contribution >= 0.6 is 0 Å². The van der Waals surface area contributed by atoms with Gasteiger partial charge in [-0.15, -0.1) is 0 Å². The average Bonchev–Trinajstić information content (AvgIpc) is 3.25. The van der Waals surface area contributed by atoms with Crippen LogP contribution in [0, 0.1) is 13.8 Å². The smallest absolute Gasteiger partial charge is 0.325 e. The van der Waals surface area contributed by atoms with Crippen molar-refractivity contribution in [1.82, 2.24) is 19.9 Å². The van der Waals surface area contributed by atoms with Crippen LogP contribution < -0.4 is 16.4 Å². The van der Waals surface area contributed by atoms with Gasteiger partial charge < -0.3 is 21.0 Å². The van der Waals surface area contributed by atoms with E-state index in [0.29, 0.717) is 22.8 Å². The Morgan fingerprint density at radius 3 is 2.36 bits per heavy atom. The van der Waals surface area contributed by atoms with E-state index < -0.39 is 17.5 Å². The summed E-state index contributed by atoms with van der Waals surface area (Å²) in [6.07, 6.45) is 2.90. The van der Waals surface area contributed by atoms with Crippen LogP contribution in [-0.2, 0) is 5.60 Å². The zero-order valence-corrected chi connectivity index (χ0v) is 20.2. The van der Waals surface area contributed by atoms with Crippen molar-refractivity contribution in [2.75, 3.05) is 4.90 Å². The number of oxazole rings is 1. The van der Waals surface area contributed by atoms with Gasteiger partial charge in [-0.2, -0.15) is 0 Å². The fraction of sp³-hybridized carbons (Fsp3) is 0.200. The molecule has 3 amide bonds. The maximum Gasteiger partial charge on any atom is 0.325 e. The van der Waals surface area contributed by atoms with Crippen molar-refractivity contribution < 1.29 is 19.1 Å². The van der Waals surface area contributed by atoms with Crippen LogP contribution in [0.25, 0.3) is 22.6 Å². The second kappa shape index (κ2) is 9.19. The monoisotopic (exact) mass is 487 g/mol. The van der Waals surface area contributed by atoms with E-state index in [0.717, 1.165) is 5.56 Å². The molecule has 0 atom stereocenters. The first-order valence-corrected chi connectivity index (χ1v) is 11.0. The first-order chi connectivity index (χ1) is 17.0. The van der Waals surface area contributed by atoms with Crippen LogP contribution in [0.4, 0.5) is 16.3 Å². The molecular formula is C25H25N7O4. The lowest BCUT2D eigenvalue weighted by molar-refractivity contribution is 0.0688. The molecule has 0 bridgehead atoms. The van der Waals surface area contributed by atoms with E-state index in [1.165, 1.54) is 23.3 Å². The van der Waals surface area contributed by atoms with Crippen molar-refractivity contribution in [3.05, 3.63) is 71.7 Å². The number of nitrogens with two attached hydrogens (primary N) is 2. The Kier molecular flexibility index (Phi) is 6.25. The largest absolute Gasteiger partial charge is 0.449 e. The van der Waals surface area contributed by atoms with Crippen molar-refractivity contribution in [2.45, 2.75) is 33.3 Å². The van der Waals surface area contributed by atoms with Gasteiger partial charge in [0.15, 0.2) is 11.7 Å². The third kappa shape index (κ3) is 4.77. The third-order valence-corrected chi connectivity index (χ3v) is 5.41. The first-order valence-electron chi connectivity index (χ1n) is 11.0. The van der Waals surface area contributed by atoms with E-state index in [-0.39, 0.29) is 28.6 Å². The normalized spacial score (nSPS) is 11.4. The highest BCUT2D eigenvalue weighted by atomic mass is 16.3. The summed E-state index contributed by atoms with van der Waals surface area (Å²) in [5.74, 6) is 0.0755. The Morgan fingerprint density at radius 2 is 1.75 bits per heavy atom. The number of primary amides is 2. The molecule has 1 aromatic carbocycles. The summed E-state index contributed by atoms with van der Waals surface area (Å²) in [6.45, 7) is 6.66. The number of hydrogen-bond acceptors (Lipinski definition) is 8. The molecule has 11 heteroatoms. The standard InChI is InChI=1S/C25H25N7O4/c1-13-5-6-15(17-9-10-28-23(30-17)25(3,4)35)11-19(13)32(24(27)34)20-8-7-16(22(26)33)21(31-20)18-12-36-14(2)29-18/h5-12,35H,1-4H3,(H2,26,33)(H2,27,34). The highest BCUT2D eigenvalue weighted by molar-refractivity contribution is 6.02. The number of aryl methyl sites for hydroxylation is 2. The predicted octanol–water partition coefficient (Wildman–Crippen LogP) is 3.35. The molecule has 36 heavy (non-hydrogen) atoms. The fourth-order valence-corrected chi connectivity index (χ4v) is 3.62. The number of carbonyl (C=O) groups is 2. The zero-order chi connectivity index (χ0) is 26.2. The van der Waals surface area contributed by atoms with E-state index in [2.05, 4.69) is 19.9 Å². The minimum atomic E-state index is -1.23. The van der Waals surface area contributed by atoms with Gasteiger partial charge in [-0.05, 0) is 50.6 Å². The summed E-state index contributed by atoms with van der Waals surface area (Å²) in [6, 6.07) is 9.22. The second-order valence-corrected chi connectivity index (χ2v) is 8.68. The lowest BCUT2D eigenvalue weighted by Gasteiger charge is -2.23. The number of aromatic nitrogens is 4. The van der Waals surface area contributed by atoms with Gasteiger partial charge in [-0.3, -0.25) is 4.79 Å². The number of aliphatic hydroxyl groups is 1. The average molecular weight is 488 g/mol. The number of carbonyl (C=O) groups excluding carboxylic acids is 2. The number of urea groups is 1. The summed E-state index contributed by atoms with van der Waals surface area (Å²) in [5.41, 5.74) is 13.0. The molecule has 0 radical (unpaired) electrons. The van der Waals surface area contributed by atoms with Crippen molar-refractivity contribution in [1.29, 1.82) is 0 Å². The van der Waals surface area contributed by atoms with Crippen LogP contribution in [0.2, 0.25) is 0 Å². The van der Waals surface area contributed by atoms with Gasteiger partial charge in [-0.1, -0.05) is 12.1 Å². The Bertz CT molecular complexity index is 1470. The number of benzene rings is 1. The summed E-state index contributed by atoms with van der Waals surface area (Å²) >= 11 is 0. The maximum absolute atomic E-state index is 12.7. The van der Waals surface area contributed by atoms with Gasteiger partial charge >= 0.3 is 6.03 Å². The SMILES string of the molecule is Cc1nc(-c2nc(N(C(N)=O)c3cc(-c4ccnc(C(C)(C)O)n4)ccc3C)ccc2C(N)=O)co1. The zero-order valence-electron chi connectivity index (χ0n) is 20.2. The van der Waals surface area contributed by atoms with Crippen molar-refractivity contribution in [3.63, 3.8) is 0 Å². The summed E-state index contributed by atoms with van der Waals surface area (Å²) in [5, 5.41) is 10.3. The summed E-state index contributed by atoms with van der Waals surface area (Å²) in [4.78, 5) is 43.3. The van der Waals surface area contributed by atoms with Crippen molar-refractivity contribution in [3.8, 4) is 22.6 Å². The third-order valence-electron chi connectivity index (χ3n) is 5.41. The fourth-order valence-electron chi connectivity index (χ4n) is 3.62. The minimum absolute atomic E-state index is 0.113. The second-order valence-electron chi connectivity index (χ2n) is 8.68. The molecule has 3 heterocycles. The van der Waals surface area contributed by atoms with Crippen LogP contribution in [0.1, 0.15) is 41.5 Å². The quantitative estimate of drug-likeness (QED) is 0.371. The lowest BCUT2D eigenvalue weighted by atomic mass is 10.0. The van der Waals surface area contributed by atoms with E-state index in [1.807, 2.05) is 19.1 Å². The highest BCUT2D eigenvalue weighted by Gasteiger charge is 2.24. The van der Waals surface area contributed by atoms with Crippen LogP contribution in [0.15, 0.2) is 53.3 Å². The van der Waals surface area contributed by atoms with Crippen LogP contribution in [-0.4, -0.2) is 37.0 Å². The predicted molar refractivity (Wildman–Crippen MR) is 132 cm³/mol. The van der Waals surface area contributed by atoms with E-state index in [1.54, 1.807) is 39.1 Å². The summed E-state index contributed by atoms with van der Waals surface area (Å²) < 4.78 is 5.27. The van der Waals surface area contributed by atoms with Crippen LogP contribution in [0.5, 0.6) is 0 Å². The number of anilines is 2. The first kappa shape index (κ1) is 24.5. The Labute approximate surface area is 206 Å². The molecular weight excluding hydrogens is 462 g/mol. The summed E-state index contributed by atoms with van der Waals surface area (Å²) in [7, 11) is 0. The van der Waals surface area contributed by atoms with Gasteiger partial charge in [0.1, 0.15) is 29.1 Å². The molecule has 0 saturated carbocycles. The molecule has 0 unspecified atom stereocenters. The molecule has 5 N–H and O–H groups in total. The van der Waals surface area contributed by atoms with E-state index >= 15 is 0 Å². The Hall–Kier alpha value is -4.64. The van der Waals surface area contributed by atoms with Gasteiger partial charge in [0.2, 0.25) is 0 Å². The molecule has 0 aliphatic carbocycles. The van der Waals surface area contributed by atoms with E-state index in [9.17, 15) is 14.7 Å².